The number of ether oxygens (including phenoxy) is 1. The molecule has 1 atom stereocenters. The molecule has 0 bridgehead atoms. The van der Waals surface area contributed by atoms with E-state index in [9.17, 15) is 13.2 Å². The number of aryl methyl sites for hydroxylation is 1. The summed E-state index contributed by atoms with van der Waals surface area (Å²) in [5, 5.41) is -0.317. The maximum atomic E-state index is 15.1. The fourth-order valence-electron chi connectivity index (χ4n) is 4.48. The standard InChI is InChI=1S/C26H23BrF2N4O4S/c1-14-3-4-18(27)21(7-14)38(35,36)22-11-31-25-24(32-22)17(10-30-25)16-8-19(28)23(20(29)9-16)26(34)33(2)12-15-5-6-37-13-15/h3-4,7-11,15H,5-6,12-13H2,1-2H3,(H,30,31). The van der Waals surface area contributed by atoms with Gasteiger partial charge in [0.1, 0.15) is 22.7 Å². The van der Waals surface area contributed by atoms with Crippen molar-refractivity contribution < 1.29 is 26.7 Å². The fourth-order valence-corrected chi connectivity index (χ4v) is 6.66. The molecular formula is C26H23BrF2N4O4S. The number of rotatable bonds is 6. The van der Waals surface area contributed by atoms with Crippen LogP contribution in [0.4, 0.5) is 8.78 Å². The van der Waals surface area contributed by atoms with Crippen LogP contribution in [0.1, 0.15) is 22.3 Å². The number of nitrogens with zero attached hydrogens (tertiary/aromatic N) is 3. The van der Waals surface area contributed by atoms with Gasteiger partial charge in [-0.05, 0) is 64.7 Å². The molecule has 0 aliphatic carbocycles. The summed E-state index contributed by atoms with van der Waals surface area (Å²) in [6.45, 7) is 3.19. The lowest BCUT2D eigenvalue weighted by molar-refractivity contribution is 0.0756. The van der Waals surface area contributed by atoms with Gasteiger partial charge in [0.2, 0.25) is 9.84 Å². The highest BCUT2D eigenvalue weighted by molar-refractivity contribution is 9.10. The van der Waals surface area contributed by atoms with Crippen LogP contribution < -0.4 is 0 Å². The summed E-state index contributed by atoms with van der Waals surface area (Å²) >= 11 is 3.27. The number of aromatic nitrogens is 3. The Morgan fingerprint density at radius 1 is 1.24 bits per heavy atom. The minimum atomic E-state index is -4.06. The van der Waals surface area contributed by atoms with Gasteiger partial charge in [-0.1, -0.05) is 6.07 Å². The van der Waals surface area contributed by atoms with Crippen molar-refractivity contribution in [2.75, 3.05) is 26.8 Å². The smallest absolute Gasteiger partial charge is 0.259 e. The van der Waals surface area contributed by atoms with Gasteiger partial charge in [-0.25, -0.2) is 27.2 Å². The lowest BCUT2D eigenvalue weighted by Gasteiger charge is -2.21. The first-order chi connectivity index (χ1) is 18.1. The molecule has 1 unspecified atom stereocenters. The minimum Gasteiger partial charge on any atom is -0.381 e. The number of amides is 1. The first-order valence-corrected chi connectivity index (χ1v) is 14.0. The van der Waals surface area contributed by atoms with E-state index in [4.69, 9.17) is 4.74 Å². The molecular weight excluding hydrogens is 582 g/mol. The van der Waals surface area contributed by atoms with Crippen LogP contribution in [-0.4, -0.2) is 61.0 Å². The topological polar surface area (TPSA) is 105 Å². The van der Waals surface area contributed by atoms with E-state index in [1.165, 1.54) is 24.2 Å². The Labute approximate surface area is 226 Å². The minimum absolute atomic E-state index is 0.0245. The second-order valence-electron chi connectivity index (χ2n) is 9.28. The zero-order valence-electron chi connectivity index (χ0n) is 20.5. The summed E-state index contributed by atoms with van der Waals surface area (Å²) in [6, 6.07) is 6.97. The number of fused-ring (bicyclic) bond motifs is 1. The molecule has 2 aromatic heterocycles. The second-order valence-corrected chi connectivity index (χ2v) is 12.0. The van der Waals surface area contributed by atoms with Crippen LogP contribution in [0.2, 0.25) is 0 Å². The van der Waals surface area contributed by atoms with Gasteiger partial charge < -0.3 is 14.6 Å². The van der Waals surface area contributed by atoms with Gasteiger partial charge in [-0.2, -0.15) is 0 Å². The van der Waals surface area contributed by atoms with Crippen molar-refractivity contribution in [1.82, 2.24) is 19.9 Å². The van der Waals surface area contributed by atoms with Gasteiger partial charge in [-0.3, -0.25) is 4.79 Å². The Kier molecular flexibility index (Phi) is 7.05. The fraction of sp³-hybridized carbons (Fsp3) is 0.269. The maximum absolute atomic E-state index is 15.1. The number of nitrogens with one attached hydrogen (secondary N) is 1. The SMILES string of the molecule is Cc1ccc(Br)c(S(=O)(=O)c2cnc3[nH]cc(-c4cc(F)c(C(=O)N(C)CC5CCOC5)c(F)c4)c3n2)c1. The van der Waals surface area contributed by atoms with Crippen molar-refractivity contribution in [2.45, 2.75) is 23.3 Å². The predicted molar refractivity (Wildman–Crippen MR) is 139 cm³/mol. The molecule has 8 nitrogen and oxygen atoms in total. The molecule has 0 radical (unpaired) electrons. The van der Waals surface area contributed by atoms with Gasteiger partial charge in [0.25, 0.3) is 5.91 Å². The number of H-pyrrole nitrogens is 1. The lowest BCUT2D eigenvalue weighted by atomic mass is 10.0. The summed E-state index contributed by atoms with van der Waals surface area (Å²) < 4.78 is 62.6. The van der Waals surface area contributed by atoms with Crippen LogP contribution in [0.3, 0.4) is 0 Å². The van der Waals surface area contributed by atoms with E-state index in [-0.39, 0.29) is 38.1 Å². The molecule has 0 spiro atoms. The zero-order chi connectivity index (χ0) is 27.2. The zero-order valence-corrected chi connectivity index (χ0v) is 22.9. The number of hydrogen-bond donors (Lipinski definition) is 1. The van der Waals surface area contributed by atoms with E-state index in [2.05, 4.69) is 30.9 Å². The van der Waals surface area contributed by atoms with Gasteiger partial charge in [0.15, 0.2) is 10.7 Å². The Morgan fingerprint density at radius 2 is 1.97 bits per heavy atom. The molecule has 1 fully saturated rings. The molecule has 1 amide bonds. The van der Waals surface area contributed by atoms with Crippen LogP contribution >= 0.6 is 15.9 Å². The highest BCUT2D eigenvalue weighted by atomic mass is 79.9. The molecule has 1 saturated heterocycles. The van der Waals surface area contributed by atoms with Crippen molar-refractivity contribution >= 4 is 42.8 Å². The lowest BCUT2D eigenvalue weighted by Crippen LogP contribution is -2.33. The molecule has 198 valence electrons. The maximum Gasteiger partial charge on any atom is 0.259 e. The molecule has 0 saturated carbocycles. The first-order valence-electron chi connectivity index (χ1n) is 11.7. The number of benzene rings is 2. The number of aromatic amines is 1. The van der Waals surface area contributed by atoms with Crippen LogP contribution in [0.25, 0.3) is 22.3 Å². The molecule has 12 heteroatoms. The molecule has 4 aromatic rings. The summed E-state index contributed by atoms with van der Waals surface area (Å²) in [4.78, 5) is 25.5. The van der Waals surface area contributed by atoms with Crippen LogP contribution in [0.15, 0.2) is 57.1 Å². The van der Waals surface area contributed by atoms with E-state index >= 15 is 8.78 Å². The average Bonchev–Trinajstić information content (AvgIpc) is 3.54. The van der Waals surface area contributed by atoms with Gasteiger partial charge in [0.05, 0.1) is 17.7 Å². The quantitative estimate of drug-likeness (QED) is 0.335. The van der Waals surface area contributed by atoms with Crippen LogP contribution in [0.5, 0.6) is 0 Å². The summed E-state index contributed by atoms with van der Waals surface area (Å²) in [7, 11) is -2.56. The van der Waals surface area contributed by atoms with Gasteiger partial charge in [0, 0.05) is 42.4 Å². The second kappa shape index (κ2) is 10.2. The molecule has 1 aliphatic rings. The normalized spacial score (nSPS) is 15.8. The molecule has 1 aliphatic heterocycles. The molecule has 1 N–H and O–H groups in total. The largest absolute Gasteiger partial charge is 0.381 e. The number of hydrogen-bond acceptors (Lipinski definition) is 6. The van der Waals surface area contributed by atoms with Crippen LogP contribution in [0, 0.1) is 24.5 Å². The molecule has 38 heavy (non-hydrogen) atoms. The Morgan fingerprint density at radius 3 is 2.66 bits per heavy atom. The van der Waals surface area contributed by atoms with E-state index in [1.807, 2.05) is 0 Å². The highest BCUT2D eigenvalue weighted by Gasteiger charge is 2.27. The number of sulfone groups is 1. The Balaban J connectivity index is 1.51. The number of carbonyl (C=O) groups is 1. The van der Waals surface area contributed by atoms with E-state index < -0.39 is 32.9 Å². The first kappa shape index (κ1) is 26.4. The van der Waals surface area contributed by atoms with Crippen molar-refractivity contribution in [2.24, 2.45) is 5.92 Å². The van der Waals surface area contributed by atoms with E-state index in [0.29, 0.717) is 24.2 Å². The Hall–Kier alpha value is -3.22. The number of carbonyl (C=O) groups excluding carboxylic acids is 1. The van der Waals surface area contributed by atoms with Gasteiger partial charge >= 0.3 is 0 Å². The van der Waals surface area contributed by atoms with E-state index in [1.54, 1.807) is 19.1 Å². The monoisotopic (exact) mass is 604 g/mol. The number of halogens is 3. The summed E-state index contributed by atoms with van der Waals surface area (Å²) in [5.41, 5.74) is 0.753. The molecule has 5 rings (SSSR count). The highest BCUT2D eigenvalue weighted by Crippen LogP contribution is 2.32. The van der Waals surface area contributed by atoms with Gasteiger partial charge in [-0.15, -0.1) is 0 Å². The summed E-state index contributed by atoms with van der Waals surface area (Å²) in [5.74, 6) is -2.72. The van der Waals surface area contributed by atoms with E-state index in [0.717, 1.165) is 30.3 Å². The van der Waals surface area contributed by atoms with Crippen molar-refractivity contribution in [3.05, 3.63) is 70.0 Å². The predicted octanol–water partition coefficient (Wildman–Crippen LogP) is 4.92. The molecule has 2 aromatic carbocycles. The third kappa shape index (κ3) is 4.83. The third-order valence-electron chi connectivity index (χ3n) is 6.48. The summed E-state index contributed by atoms with van der Waals surface area (Å²) in [6.07, 6.45) is 3.34. The average molecular weight is 605 g/mol. The molecule has 3 heterocycles. The van der Waals surface area contributed by atoms with Crippen molar-refractivity contribution in [3.8, 4) is 11.1 Å². The van der Waals surface area contributed by atoms with Crippen LogP contribution in [-0.2, 0) is 14.6 Å². The Bertz CT molecular complexity index is 1650. The third-order valence-corrected chi connectivity index (χ3v) is 9.10. The van der Waals surface area contributed by atoms with Crippen molar-refractivity contribution in [3.63, 3.8) is 0 Å². The van der Waals surface area contributed by atoms with Crippen molar-refractivity contribution in [1.29, 1.82) is 0 Å².